The van der Waals surface area contributed by atoms with Crippen LogP contribution in [0.4, 0.5) is 23.4 Å². The van der Waals surface area contributed by atoms with E-state index < -0.39 is 17.8 Å². The van der Waals surface area contributed by atoms with Crippen molar-refractivity contribution in [1.29, 1.82) is 0 Å². The van der Waals surface area contributed by atoms with E-state index in [2.05, 4.69) is 15.3 Å². The van der Waals surface area contributed by atoms with Crippen molar-refractivity contribution in [2.75, 3.05) is 12.4 Å². The van der Waals surface area contributed by atoms with Crippen LogP contribution >= 0.6 is 0 Å². The summed E-state index contributed by atoms with van der Waals surface area (Å²) >= 11 is 0. The number of hydrogen-bond acceptors (Lipinski definition) is 3. The van der Waals surface area contributed by atoms with Gasteiger partial charge in [0.2, 0.25) is 5.82 Å². The Hall–Kier alpha value is -2.18. The highest BCUT2D eigenvalue weighted by Crippen LogP contribution is 2.30. The second kappa shape index (κ2) is 5.07. The molecule has 20 heavy (non-hydrogen) atoms. The van der Waals surface area contributed by atoms with Gasteiger partial charge in [-0.3, -0.25) is 0 Å². The molecule has 0 spiro atoms. The smallest absolute Gasteiger partial charge is 0.373 e. The second-order valence-corrected chi connectivity index (χ2v) is 4.17. The summed E-state index contributed by atoms with van der Waals surface area (Å²) in [5.74, 6) is -1.75. The molecule has 0 aliphatic heterocycles. The van der Waals surface area contributed by atoms with Gasteiger partial charge in [-0.1, -0.05) is 12.1 Å². The number of aryl methyl sites for hydroxylation is 1. The molecule has 0 aliphatic rings. The Labute approximate surface area is 112 Å². The van der Waals surface area contributed by atoms with Crippen molar-refractivity contribution in [3.05, 3.63) is 41.5 Å². The molecule has 1 N–H and O–H groups in total. The van der Waals surface area contributed by atoms with Gasteiger partial charge >= 0.3 is 6.18 Å². The minimum absolute atomic E-state index is 0.00979. The van der Waals surface area contributed by atoms with Crippen LogP contribution < -0.4 is 5.32 Å². The molecule has 0 radical (unpaired) electrons. The largest absolute Gasteiger partial charge is 0.451 e. The van der Waals surface area contributed by atoms with E-state index in [0.29, 0.717) is 5.56 Å². The molecule has 0 amide bonds. The Morgan fingerprint density at radius 2 is 1.80 bits per heavy atom. The van der Waals surface area contributed by atoms with Gasteiger partial charge in [0.1, 0.15) is 11.6 Å². The van der Waals surface area contributed by atoms with Crippen molar-refractivity contribution < 1.29 is 17.6 Å². The monoisotopic (exact) mass is 285 g/mol. The van der Waals surface area contributed by atoms with E-state index in [1.807, 2.05) is 0 Å². The molecule has 0 fully saturated rings. The topological polar surface area (TPSA) is 37.8 Å². The summed E-state index contributed by atoms with van der Waals surface area (Å²) in [7, 11) is 1.45. The molecule has 1 heterocycles. The van der Waals surface area contributed by atoms with Crippen LogP contribution in [0.5, 0.6) is 0 Å². The maximum atomic E-state index is 13.5. The summed E-state index contributed by atoms with van der Waals surface area (Å²) in [6.45, 7) is 1.57. The standard InChI is InChI=1S/C13H11F4N3/c1-7-3-4-8(5-9(7)14)10-6-11(18-2)20-12(19-10)13(15,16)17/h3-6H,1-2H3,(H,18,19,20). The van der Waals surface area contributed by atoms with Crippen LogP contribution in [0.25, 0.3) is 11.3 Å². The van der Waals surface area contributed by atoms with Crippen LogP contribution in [-0.4, -0.2) is 17.0 Å². The lowest BCUT2D eigenvalue weighted by Crippen LogP contribution is -2.13. The molecule has 1 aromatic heterocycles. The number of alkyl halides is 3. The summed E-state index contributed by atoms with van der Waals surface area (Å²) in [6, 6.07) is 5.48. The zero-order chi connectivity index (χ0) is 14.9. The lowest BCUT2D eigenvalue weighted by atomic mass is 10.1. The van der Waals surface area contributed by atoms with E-state index in [9.17, 15) is 17.6 Å². The summed E-state index contributed by atoms with van der Waals surface area (Å²) in [6.07, 6.45) is -4.66. The third-order valence-electron chi connectivity index (χ3n) is 2.70. The number of halogens is 4. The Bertz CT molecular complexity index is 638. The first kappa shape index (κ1) is 14.2. The van der Waals surface area contributed by atoms with Gasteiger partial charge < -0.3 is 5.32 Å². The fraction of sp³-hybridized carbons (Fsp3) is 0.231. The van der Waals surface area contributed by atoms with Crippen molar-refractivity contribution in [3.8, 4) is 11.3 Å². The van der Waals surface area contributed by atoms with Crippen LogP contribution in [0, 0.1) is 12.7 Å². The lowest BCUT2D eigenvalue weighted by Gasteiger charge is -2.10. The van der Waals surface area contributed by atoms with Gasteiger partial charge in [-0.15, -0.1) is 0 Å². The Morgan fingerprint density at radius 3 is 2.35 bits per heavy atom. The molecule has 3 nitrogen and oxygen atoms in total. The highest BCUT2D eigenvalue weighted by Gasteiger charge is 2.35. The van der Waals surface area contributed by atoms with Gasteiger partial charge in [0.05, 0.1) is 5.69 Å². The van der Waals surface area contributed by atoms with Crippen LogP contribution in [0.15, 0.2) is 24.3 Å². The average Bonchev–Trinajstić information content (AvgIpc) is 2.40. The third kappa shape index (κ3) is 2.87. The van der Waals surface area contributed by atoms with Crippen molar-refractivity contribution in [2.24, 2.45) is 0 Å². The number of nitrogens with one attached hydrogen (secondary N) is 1. The molecular formula is C13H11F4N3. The van der Waals surface area contributed by atoms with Crippen LogP contribution in [0.3, 0.4) is 0 Å². The Morgan fingerprint density at radius 1 is 1.10 bits per heavy atom. The van der Waals surface area contributed by atoms with E-state index in [1.54, 1.807) is 6.92 Å². The highest BCUT2D eigenvalue weighted by molar-refractivity contribution is 5.63. The van der Waals surface area contributed by atoms with E-state index in [1.165, 1.54) is 25.2 Å². The molecule has 0 unspecified atom stereocenters. The number of aromatic nitrogens is 2. The predicted octanol–water partition coefficient (Wildman–Crippen LogP) is 3.65. The van der Waals surface area contributed by atoms with Crippen molar-refractivity contribution in [2.45, 2.75) is 13.1 Å². The number of nitrogens with zero attached hydrogens (tertiary/aromatic N) is 2. The average molecular weight is 285 g/mol. The zero-order valence-electron chi connectivity index (χ0n) is 10.7. The Balaban J connectivity index is 2.58. The lowest BCUT2D eigenvalue weighted by molar-refractivity contribution is -0.144. The van der Waals surface area contributed by atoms with Crippen molar-refractivity contribution >= 4 is 5.82 Å². The number of hydrogen-bond donors (Lipinski definition) is 1. The molecular weight excluding hydrogens is 274 g/mol. The molecule has 2 rings (SSSR count). The van der Waals surface area contributed by atoms with Crippen molar-refractivity contribution in [1.82, 2.24) is 9.97 Å². The van der Waals surface area contributed by atoms with E-state index >= 15 is 0 Å². The first-order valence-corrected chi connectivity index (χ1v) is 5.72. The zero-order valence-corrected chi connectivity index (χ0v) is 10.7. The van der Waals surface area contributed by atoms with Gasteiger partial charge in [0, 0.05) is 18.7 Å². The molecule has 0 atom stereocenters. The SMILES string of the molecule is CNc1cc(-c2ccc(C)c(F)c2)nc(C(F)(F)F)n1. The minimum Gasteiger partial charge on any atom is -0.373 e. The predicted molar refractivity (Wildman–Crippen MR) is 66.7 cm³/mol. The molecule has 0 saturated heterocycles. The second-order valence-electron chi connectivity index (χ2n) is 4.17. The first-order valence-electron chi connectivity index (χ1n) is 5.72. The maximum absolute atomic E-state index is 13.5. The summed E-state index contributed by atoms with van der Waals surface area (Å²) in [5, 5.41) is 2.53. The molecule has 0 aliphatic carbocycles. The number of anilines is 1. The van der Waals surface area contributed by atoms with Crippen LogP contribution in [-0.2, 0) is 6.18 Å². The van der Waals surface area contributed by atoms with Crippen LogP contribution in [0.2, 0.25) is 0 Å². The molecule has 2 aromatic rings. The summed E-state index contributed by atoms with van der Waals surface area (Å²) in [4.78, 5) is 6.80. The van der Waals surface area contributed by atoms with E-state index in [4.69, 9.17) is 0 Å². The van der Waals surface area contributed by atoms with E-state index in [0.717, 1.165) is 6.07 Å². The number of benzene rings is 1. The molecule has 106 valence electrons. The normalized spacial score (nSPS) is 11.5. The highest BCUT2D eigenvalue weighted by atomic mass is 19.4. The molecule has 1 aromatic carbocycles. The van der Waals surface area contributed by atoms with E-state index in [-0.39, 0.29) is 17.1 Å². The third-order valence-corrected chi connectivity index (χ3v) is 2.70. The fourth-order valence-electron chi connectivity index (χ4n) is 1.60. The van der Waals surface area contributed by atoms with Gasteiger partial charge in [0.25, 0.3) is 0 Å². The molecule has 0 saturated carbocycles. The summed E-state index contributed by atoms with van der Waals surface area (Å²) in [5.41, 5.74) is 0.681. The van der Waals surface area contributed by atoms with Gasteiger partial charge in [-0.2, -0.15) is 13.2 Å². The first-order chi connectivity index (χ1) is 9.31. The van der Waals surface area contributed by atoms with Crippen molar-refractivity contribution in [3.63, 3.8) is 0 Å². The number of rotatable bonds is 2. The minimum atomic E-state index is -4.66. The van der Waals surface area contributed by atoms with Gasteiger partial charge in [-0.25, -0.2) is 14.4 Å². The fourth-order valence-corrected chi connectivity index (χ4v) is 1.60. The van der Waals surface area contributed by atoms with Gasteiger partial charge in [-0.05, 0) is 18.6 Å². The molecule has 7 heteroatoms. The maximum Gasteiger partial charge on any atom is 0.451 e. The molecule has 0 bridgehead atoms. The van der Waals surface area contributed by atoms with Crippen LogP contribution in [0.1, 0.15) is 11.4 Å². The Kier molecular flexibility index (Phi) is 3.61. The quantitative estimate of drug-likeness (QED) is 0.856. The van der Waals surface area contributed by atoms with Gasteiger partial charge in [0.15, 0.2) is 0 Å². The summed E-state index contributed by atoms with van der Waals surface area (Å²) < 4.78 is 51.6.